The van der Waals surface area contributed by atoms with Crippen molar-refractivity contribution in [2.24, 2.45) is 5.73 Å². The lowest BCUT2D eigenvalue weighted by Gasteiger charge is -2.28. The van der Waals surface area contributed by atoms with Gasteiger partial charge in [-0.15, -0.1) is 0 Å². The lowest BCUT2D eigenvalue weighted by Crippen LogP contribution is -2.50. The number of rotatable bonds is 4. The number of hydrogen-bond donors (Lipinski definition) is 3. The van der Waals surface area contributed by atoms with Crippen molar-refractivity contribution in [1.82, 2.24) is 4.72 Å². The van der Waals surface area contributed by atoms with Crippen LogP contribution in [0.1, 0.15) is 30.6 Å². The quantitative estimate of drug-likeness (QED) is 0.685. The predicted molar refractivity (Wildman–Crippen MR) is 78.1 cm³/mol. The number of primary amides is 1. The van der Waals surface area contributed by atoms with Crippen LogP contribution in [-0.4, -0.2) is 32.6 Å². The first-order valence-electron chi connectivity index (χ1n) is 6.51. The number of benzene rings is 1. The fraction of sp³-hybridized carbons (Fsp3) is 0.462. The van der Waals surface area contributed by atoms with Gasteiger partial charge in [-0.1, -0.05) is 0 Å². The normalized spacial score (nSPS) is 25.9. The molecule has 8 heteroatoms. The molecular formula is C13H19N3O4S. The van der Waals surface area contributed by atoms with Crippen LogP contribution in [0.2, 0.25) is 0 Å². The first kappa shape index (κ1) is 15.7. The molecule has 1 amide bonds. The Morgan fingerprint density at radius 2 is 2.14 bits per heavy atom. The van der Waals surface area contributed by atoms with Crippen LogP contribution in [0.15, 0.2) is 23.1 Å². The van der Waals surface area contributed by atoms with E-state index in [2.05, 4.69) is 4.72 Å². The second-order valence-corrected chi connectivity index (χ2v) is 7.05. The van der Waals surface area contributed by atoms with Crippen molar-refractivity contribution < 1.29 is 17.9 Å². The molecule has 1 fully saturated rings. The third kappa shape index (κ3) is 3.02. The highest BCUT2D eigenvalue weighted by molar-refractivity contribution is 7.89. The molecule has 0 spiro atoms. The van der Waals surface area contributed by atoms with Gasteiger partial charge in [0.25, 0.3) is 0 Å². The average molecular weight is 313 g/mol. The minimum atomic E-state index is -3.82. The highest BCUT2D eigenvalue weighted by Gasteiger charge is 2.41. The lowest BCUT2D eigenvalue weighted by molar-refractivity contribution is 0.0957. The van der Waals surface area contributed by atoms with E-state index in [-0.39, 0.29) is 22.3 Å². The van der Waals surface area contributed by atoms with Gasteiger partial charge in [-0.25, -0.2) is 13.1 Å². The van der Waals surface area contributed by atoms with Crippen LogP contribution in [0, 0.1) is 0 Å². The number of carbonyl (C=O) groups is 1. The molecule has 0 saturated carbocycles. The van der Waals surface area contributed by atoms with Crippen LogP contribution in [0.4, 0.5) is 5.69 Å². The fourth-order valence-electron chi connectivity index (χ4n) is 2.28. The van der Waals surface area contributed by atoms with E-state index in [0.29, 0.717) is 13.0 Å². The molecule has 1 heterocycles. The molecule has 1 aromatic carbocycles. The molecule has 5 N–H and O–H groups in total. The van der Waals surface area contributed by atoms with Gasteiger partial charge in [0, 0.05) is 12.2 Å². The molecule has 116 valence electrons. The summed E-state index contributed by atoms with van der Waals surface area (Å²) in [5.74, 6) is -0.664. The molecular weight excluding hydrogens is 294 g/mol. The number of nitrogens with one attached hydrogen (secondary N) is 1. The highest BCUT2D eigenvalue weighted by atomic mass is 32.2. The topological polar surface area (TPSA) is 125 Å². The molecule has 1 aliphatic heterocycles. The summed E-state index contributed by atoms with van der Waals surface area (Å²) in [7, 11) is -3.82. The van der Waals surface area contributed by atoms with Crippen LogP contribution in [0.25, 0.3) is 0 Å². The largest absolute Gasteiger partial charge is 0.398 e. The third-order valence-electron chi connectivity index (χ3n) is 3.84. The Kier molecular flexibility index (Phi) is 3.96. The Labute approximate surface area is 123 Å². The molecule has 1 aromatic rings. The van der Waals surface area contributed by atoms with Gasteiger partial charge in [-0.3, -0.25) is 4.79 Å². The van der Waals surface area contributed by atoms with Crippen LogP contribution < -0.4 is 16.2 Å². The molecule has 2 rings (SSSR count). The van der Waals surface area contributed by atoms with E-state index in [9.17, 15) is 13.2 Å². The molecule has 21 heavy (non-hydrogen) atoms. The Morgan fingerprint density at radius 3 is 2.62 bits per heavy atom. The Bertz CT molecular complexity index is 674. The highest BCUT2D eigenvalue weighted by Crippen LogP contribution is 2.29. The number of hydrogen-bond acceptors (Lipinski definition) is 5. The molecule has 0 aliphatic carbocycles. The van der Waals surface area contributed by atoms with Crippen LogP contribution in [0.3, 0.4) is 0 Å². The van der Waals surface area contributed by atoms with Crippen molar-refractivity contribution in [3.8, 4) is 0 Å². The summed E-state index contributed by atoms with van der Waals surface area (Å²) in [4.78, 5) is 11.0. The fourth-order valence-corrected chi connectivity index (χ4v) is 3.89. The number of amides is 1. The smallest absolute Gasteiger partial charge is 0.248 e. The number of nitrogen functional groups attached to an aromatic ring is 1. The molecule has 2 atom stereocenters. The number of ether oxygens (including phenoxy) is 1. The third-order valence-corrected chi connectivity index (χ3v) is 5.52. The van der Waals surface area contributed by atoms with E-state index >= 15 is 0 Å². The summed E-state index contributed by atoms with van der Waals surface area (Å²) in [6, 6.07) is 3.87. The number of sulfonamides is 1. The Hall–Kier alpha value is -1.64. The summed E-state index contributed by atoms with van der Waals surface area (Å²) in [5, 5.41) is 0. The first-order chi connectivity index (χ1) is 9.66. The average Bonchev–Trinajstić information content (AvgIpc) is 2.67. The zero-order valence-corrected chi connectivity index (χ0v) is 12.7. The number of carbonyl (C=O) groups excluding carboxylic acids is 1. The number of nitrogens with two attached hydrogens (primary N) is 2. The summed E-state index contributed by atoms with van der Waals surface area (Å²) in [5.41, 5.74) is 10.3. The van der Waals surface area contributed by atoms with Gasteiger partial charge >= 0.3 is 0 Å². The van der Waals surface area contributed by atoms with E-state index in [1.165, 1.54) is 18.2 Å². The van der Waals surface area contributed by atoms with E-state index in [0.717, 1.165) is 0 Å². The minimum Gasteiger partial charge on any atom is -0.398 e. The monoisotopic (exact) mass is 313 g/mol. The van der Waals surface area contributed by atoms with Gasteiger partial charge in [-0.05, 0) is 38.5 Å². The van der Waals surface area contributed by atoms with Crippen LogP contribution in [0.5, 0.6) is 0 Å². The Balaban J connectivity index is 2.34. The number of anilines is 1. The van der Waals surface area contributed by atoms with Crippen LogP contribution >= 0.6 is 0 Å². The summed E-state index contributed by atoms with van der Waals surface area (Å²) < 4.78 is 33.0. The molecule has 1 aliphatic rings. The predicted octanol–water partition coefficient (Wildman–Crippen LogP) is 0.214. The second kappa shape index (κ2) is 5.28. The molecule has 0 aromatic heterocycles. The standard InChI is InChI=1S/C13H19N3O4S/c1-8-13(2,5-6-20-8)16-21(18,19)11-4-3-9(12(15)17)7-10(11)14/h3-4,7-8,16H,5-6,14H2,1-2H3,(H2,15,17). The maximum atomic E-state index is 12.5. The molecule has 7 nitrogen and oxygen atoms in total. The van der Waals surface area contributed by atoms with Crippen molar-refractivity contribution in [3.05, 3.63) is 23.8 Å². The molecule has 1 saturated heterocycles. The van der Waals surface area contributed by atoms with Gasteiger partial charge in [0.15, 0.2) is 0 Å². The van der Waals surface area contributed by atoms with Crippen molar-refractivity contribution in [1.29, 1.82) is 0 Å². The van der Waals surface area contributed by atoms with Crippen molar-refractivity contribution in [3.63, 3.8) is 0 Å². The summed E-state index contributed by atoms with van der Waals surface area (Å²) in [6.07, 6.45) is 0.338. The summed E-state index contributed by atoms with van der Waals surface area (Å²) in [6.45, 7) is 4.10. The minimum absolute atomic E-state index is 0.0195. The van der Waals surface area contributed by atoms with E-state index in [1.807, 2.05) is 6.92 Å². The van der Waals surface area contributed by atoms with Gasteiger partial charge in [-0.2, -0.15) is 0 Å². The lowest BCUT2D eigenvalue weighted by atomic mass is 9.97. The van der Waals surface area contributed by atoms with Gasteiger partial charge in [0.1, 0.15) is 4.90 Å². The molecule has 0 bridgehead atoms. The molecule has 2 unspecified atom stereocenters. The van der Waals surface area contributed by atoms with E-state index in [4.69, 9.17) is 16.2 Å². The summed E-state index contributed by atoms with van der Waals surface area (Å²) >= 11 is 0. The van der Waals surface area contributed by atoms with E-state index in [1.54, 1.807) is 6.92 Å². The van der Waals surface area contributed by atoms with Gasteiger partial charge in [0.2, 0.25) is 15.9 Å². The zero-order valence-electron chi connectivity index (χ0n) is 11.9. The SMILES string of the molecule is CC1OCCC1(C)NS(=O)(=O)c1ccc(C(N)=O)cc1N. The maximum absolute atomic E-state index is 12.5. The second-order valence-electron chi connectivity index (χ2n) is 5.40. The zero-order chi connectivity index (χ0) is 15.8. The van der Waals surface area contributed by atoms with Gasteiger partial charge < -0.3 is 16.2 Å². The van der Waals surface area contributed by atoms with Crippen molar-refractivity contribution in [2.45, 2.75) is 36.8 Å². The maximum Gasteiger partial charge on any atom is 0.248 e. The first-order valence-corrected chi connectivity index (χ1v) is 7.99. The van der Waals surface area contributed by atoms with Crippen molar-refractivity contribution in [2.75, 3.05) is 12.3 Å². The van der Waals surface area contributed by atoms with Crippen molar-refractivity contribution >= 4 is 21.6 Å². The van der Waals surface area contributed by atoms with Crippen LogP contribution in [-0.2, 0) is 14.8 Å². The Morgan fingerprint density at radius 1 is 1.48 bits per heavy atom. The molecule has 0 radical (unpaired) electrons. The van der Waals surface area contributed by atoms with Gasteiger partial charge in [0.05, 0.1) is 17.3 Å². The van der Waals surface area contributed by atoms with E-state index < -0.39 is 21.5 Å².